The summed E-state index contributed by atoms with van der Waals surface area (Å²) in [5, 5.41) is 3.59. The van der Waals surface area contributed by atoms with Gasteiger partial charge in [0.2, 0.25) is 5.91 Å². The molecular weight excluding hydrogens is 422 g/mol. The summed E-state index contributed by atoms with van der Waals surface area (Å²) in [6.07, 6.45) is 0.454. The highest BCUT2D eigenvalue weighted by Crippen LogP contribution is 2.33. The summed E-state index contributed by atoms with van der Waals surface area (Å²) in [5.41, 5.74) is 5.91. The third-order valence-corrected chi connectivity index (χ3v) is 7.26. The third-order valence-electron chi connectivity index (χ3n) is 6.85. The Kier molecular flexibility index (Phi) is 6.59. The van der Waals surface area contributed by atoms with Crippen molar-refractivity contribution in [1.29, 1.82) is 0 Å². The maximum absolute atomic E-state index is 13.2. The third kappa shape index (κ3) is 4.84. The summed E-state index contributed by atoms with van der Waals surface area (Å²) in [4.78, 5) is 30.0. The lowest BCUT2D eigenvalue weighted by molar-refractivity contribution is -0.116. The molecule has 2 aromatic rings. The van der Waals surface area contributed by atoms with E-state index in [1.807, 2.05) is 37.8 Å². The molecule has 4 rings (SSSR count). The molecule has 2 aliphatic heterocycles. The van der Waals surface area contributed by atoms with Gasteiger partial charge in [0.25, 0.3) is 5.91 Å². The van der Waals surface area contributed by atoms with Crippen molar-refractivity contribution < 1.29 is 9.59 Å². The lowest BCUT2D eigenvalue weighted by Crippen LogP contribution is -2.34. The molecule has 5 nitrogen and oxygen atoms in total. The summed E-state index contributed by atoms with van der Waals surface area (Å²) in [6.45, 7) is 12.3. The molecule has 0 bridgehead atoms. The summed E-state index contributed by atoms with van der Waals surface area (Å²) in [7, 11) is 0. The van der Waals surface area contributed by atoms with E-state index in [1.165, 1.54) is 5.56 Å². The average molecular weight is 454 g/mol. The quantitative estimate of drug-likeness (QED) is 0.719. The van der Waals surface area contributed by atoms with Gasteiger partial charge >= 0.3 is 0 Å². The number of benzene rings is 2. The fourth-order valence-electron chi connectivity index (χ4n) is 5.27. The monoisotopic (exact) mass is 453 g/mol. The molecule has 2 fully saturated rings. The van der Waals surface area contributed by atoms with E-state index in [4.69, 9.17) is 11.6 Å². The molecule has 0 aromatic heterocycles. The first-order valence-corrected chi connectivity index (χ1v) is 11.7. The standard InChI is InChI=1S/C26H32ClN3O2/c1-16-9-18(3)25(19(4)10-16)26(32)30-14-20-12-29(13-21(20)15-30)8-7-24(31)28-22-6-5-17(2)23(27)11-22/h5-6,9-11,20-21H,7-8,12-15H2,1-4H3,(H,28,31). The van der Waals surface area contributed by atoms with Crippen LogP contribution in [0.5, 0.6) is 0 Å². The summed E-state index contributed by atoms with van der Waals surface area (Å²) in [5.74, 6) is 1.15. The molecule has 2 heterocycles. The van der Waals surface area contributed by atoms with Crippen LogP contribution in [0.15, 0.2) is 30.3 Å². The van der Waals surface area contributed by atoms with Gasteiger partial charge in [0.15, 0.2) is 0 Å². The highest BCUT2D eigenvalue weighted by Gasteiger charge is 2.41. The van der Waals surface area contributed by atoms with E-state index >= 15 is 0 Å². The van der Waals surface area contributed by atoms with Gasteiger partial charge in [-0.05, 0) is 68.4 Å². The van der Waals surface area contributed by atoms with Crippen LogP contribution in [-0.2, 0) is 4.79 Å². The fraction of sp³-hybridized carbons (Fsp3) is 0.462. The maximum atomic E-state index is 13.2. The summed E-state index contributed by atoms with van der Waals surface area (Å²) in [6, 6.07) is 9.76. The maximum Gasteiger partial charge on any atom is 0.254 e. The predicted molar refractivity (Wildman–Crippen MR) is 129 cm³/mol. The van der Waals surface area contributed by atoms with E-state index in [0.29, 0.717) is 23.3 Å². The molecule has 2 amide bonds. The van der Waals surface area contributed by atoms with Crippen LogP contribution in [0.1, 0.15) is 39.0 Å². The minimum absolute atomic E-state index is 0.00380. The van der Waals surface area contributed by atoms with Crippen molar-refractivity contribution in [1.82, 2.24) is 9.80 Å². The summed E-state index contributed by atoms with van der Waals surface area (Å²) >= 11 is 6.14. The van der Waals surface area contributed by atoms with Gasteiger partial charge in [0.1, 0.15) is 0 Å². The van der Waals surface area contributed by atoms with Crippen LogP contribution in [0.4, 0.5) is 5.69 Å². The number of nitrogens with one attached hydrogen (secondary N) is 1. The van der Waals surface area contributed by atoms with Gasteiger partial charge in [-0.2, -0.15) is 0 Å². The van der Waals surface area contributed by atoms with E-state index in [9.17, 15) is 9.59 Å². The van der Waals surface area contributed by atoms with E-state index in [1.54, 1.807) is 6.07 Å². The first kappa shape index (κ1) is 22.8. The molecule has 2 aliphatic rings. The number of likely N-dealkylation sites (tertiary alicyclic amines) is 2. The van der Waals surface area contributed by atoms with Crippen molar-refractivity contribution in [3.63, 3.8) is 0 Å². The zero-order chi connectivity index (χ0) is 23.0. The van der Waals surface area contributed by atoms with Crippen molar-refractivity contribution in [2.45, 2.75) is 34.1 Å². The normalized spacial score (nSPS) is 20.5. The highest BCUT2D eigenvalue weighted by molar-refractivity contribution is 6.31. The second-order valence-corrected chi connectivity index (χ2v) is 9.93. The molecule has 0 spiro atoms. The van der Waals surface area contributed by atoms with Gasteiger partial charge in [-0.15, -0.1) is 0 Å². The number of carbonyl (C=O) groups excluding carboxylic acids is 2. The van der Waals surface area contributed by atoms with Gasteiger partial charge < -0.3 is 15.1 Å². The van der Waals surface area contributed by atoms with Crippen LogP contribution >= 0.6 is 11.6 Å². The molecule has 6 heteroatoms. The van der Waals surface area contributed by atoms with Crippen LogP contribution in [0.25, 0.3) is 0 Å². The molecule has 170 valence electrons. The Bertz CT molecular complexity index is 1010. The number of fused-ring (bicyclic) bond motifs is 1. The van der Waals surface area contributed by atoms with E-state index < -0.39 is 0 Å². The lowest BCUT2D eigenvalue weighted by atomic mass is 9.99. The fourth-order valence-corrected chi connectivity index (χ4v) is 5.45. The van der Waals surface area contributed by atoms with Crippen LogP contribution in [0, 0.1) is 39.5 Å². The van der Waals surface area contributed by atoms with Crippen molar-refractivity contribution >= 4 is 29.1 Å². The molecule has 2 atom stereocenters. The molecular formula is C26H32ClN3O2. The minimum Gasteiger partial charge on any atom is -0.338 e. The van der Waals surface area contributed by atoms with E-state index in [2.05, 4.69) is 29.3 Å². The Balaban J connectivity index is 1.27. The van der Waals surface area contributed by atoms with Crippen LogP contribution < -0.4 is 5.32 Å². The first-order chi connectivity index (χ1) is 15.2. The first-order valence-electron chi connectivity index (χ1n) is 11.4. The molecule has 0 aliphatic carbocycles. The average Bonchev–Trinajstić information content (AvgIpc) is 3.27. The van der Waals surface area contributed by atoms with Crippen molar-refractivity contribution in [3.05, 3.63) is 63.2 Å². The largest absolute Gasteiger partial charge is 0.338 e. The minimum atomic E-state index is 0.00380. The summed E-state index contributed by atoms with van der Waals surface area (Å²) < 4.78 is 0. The number of carbonyl (C=O) groups is 2. The van der Waals surface area contributed by atoms with Gasteiger partial charge in [-0.1, -0.05) is 35.4 Å². The number of amides is 2. The zero-order valence-corrected chi connectivity index (χ0v) is 20.1. The molecule has 0 saturated carbocycles. The smallest absolute Gasteiger partial charge is 0.254 e. The Morgan fingerprint density at radius 3 is 2.16 bits per heavy atom. The topological polar surface area (TPSA) is 52.7 Å². The van der Waals surface area contributed by atoms with Gasteiger partial charge in [-0.3, -0.25) is 9.59 Å². The van der Waals surface area contributed by atoms with Crippen LogP contribution in [0.3, 0.4) is 0 Å². The number of hydrogen-bond acceptors (Lipinski definition) is 3. The van der Waals surface area contributed by atoms with Crippen LogP contribution in [-0.4, -0.2) is 54.3 Å². The molecule has 2 aromatic carbocycles. The van der Waals surface area contributed by atoms with Crippen molar-refractivity contribution in [2.24, 2.45) is 11.8 Å². The molecule has 0 radical (unpaired) electrons. The molecule has 1 N–H and O–H groups in total. The van der Waals surface area contributed by atoms with Crippen LogP contribution in [0.2, 0.25) is 5.02 Å². The number of hydrogen-bond donors (Lipinski definition) is 1. The van der Waals surface area contributed by atoms with E-state index in [0.717, 1.165) is 60.7 Å². The van der Waals surface area contributed by atoms with Gasteiger partial charge in [0.05, 0.1) is 0 Å². The highest BCUT2D eigenvalue weighted by atomic mass is 35.5. The van der Waals surface area contributed by atoms with E-state index in [-0.39, 0.29) is 11.8 Å². The number of aryl methyl sites for hydroxylation is 4. The number of halogens is 1. The Labute approximate surface area is 195 Å². The number of rotatable bonds is 5. The SMILES string of the molecule is Cc1cc(C)c(C(=O)N2CC3CN(CCC(=O)Nc4ccc(C)c(Cl)c4)CC3C2)c(C)c1. The molecule has 2 unspecified atom stereocenters. The predicted octanol–water partition coefficient (Wildman–Crippen LogP) is 4.61. The zero-order valence-electron chi connectivity index (χ0n) is 19.4. The Morgan fingerprint density at radius 2 is 1.56 bits per heavy atom. The number of nitrogens with zero attached hydrogens (tertiary/aromatic N) is 2. The second-order valence-electron chi connectivity index (χ2n) is 9.53. The van der Waals surface area contributed by atoms with Gasteiger partial charge in [0, 0.05) is 55.4 Å². The number of anilines is 1. The lowest BCUT2D eigenvalue weighted by Gasteiger charge is -2.23. The Morgan fingerprint density at radius 1 is 0.938 bits per heavy atom. The second kappa shape index (κ2) is 9.24. The Hall–Kier alpha value is -2.37. The molecule has 2 saturated heterocycles. The van der Waals surface area contributed by atoms with Crippen molar-refractivity contribution in [3.8, 4) is 0 Å². The van der Waals surface area contributed by atoms with Crippen molar-refractivity contribution in [2.75, 3.05) is 38.0 Å². The molecule has 32 heavy (non-hydrogen) atoms. The van der Waals surface area contributed by atoms with Gasteiger partial charge in [-0.25, -0.2) is 0 Å².